The van der Waals surface area contributed by atoms with Gasteiger partial charge in [0.15, 0.2) is 17.5 Å². The molecule has 0 spiro atoms. The highest BCUT2D eigenvalue weighted by Crippen LogP contribution is 2.42. The van der Waals surface area contributed by atoms with E-state index in [2.05, 4.69) is 205 Å². The van der Waals surface area contributed by atoms with Gasteiger partial charge in [-0.2, -0.15) is 0 Å². The van der Waals surface area contributed by atoms with Gasteiger partial charge in [-0.1, -0.05) is 188 Å². The Morgan fingerprint density at radius 2 is 0.790 bits per heavy atom. The Bertz CT molecular complexity index is 3570. The molecule has 0 bridgehead atoms. The minimum absolute atomic E-state index is 0.610. The molecule has 0 aliphatic carbocycles. The van der Waals surface area contributed by atoms with E-state index in [4.69, 9.17) is 15.0 Å². The first-order valence-electron chi connectivity index (χ1n) is 20.8. The summed E-state index contributed by atoms with van der Waals surface area (Å²) < 4.78 is 4.96. The van der Waals surface area contributed by atoms with Crippen LogP contribution < -0.4 is 0 Å². The number of hydrogen-bond donors (Lipinski definition) is 0. The molecule has 290 valence electrons. The molecular formula is C57H36N4S. The van der Waals surface area contributed by atoms with E-state index in [0.29, 0.717) is 17.5 Å². The van der Waals surface area contributed by atoms with E-state index in [1.165, 1.54) is 47.6 Å². The minimum Gasteiger partial charge on any atom is -0.309 e. The Balaban J connectivity index is 1.05. The third kappa shape index (κ3) is 6.18. The maximum absolute atomic E-state index is 5.30. The molecule has 12 aromatic rings. The molecule has 0 amide bonds. The predicted octanol–water partition coefficient (Wildman–Crippen LogP) is 15.3. The van der Waals surface area contributed by atoms with E-state index in [9.17, 15) is 0 Å². The van der Waals surface area contributed by atoms with Crippen molar-refractivity contribution in [2.75, 3.05) is 0 Å². The molecule has 12 rings (SSSR count). The van der Waals surface area contributed by atoms with Gasteiger partial charge in [0.05, 0.1) is 16.7 Å². The van der Waals surface area contributed by atoms with E-state index in [0.717, 1.165) is 50.1 Å². The summed E-state index contributed by atoms with van der Waals surface area (Å²) in [4.78, 5) is 15.7. The lowest BCUT2D eigenvalue weighted by Crippen LogP contribution is -2.02. The predicted molar refractivity (Wildman–Crippen MR) is 260 cm³/mol. The quantitative estimate of drug-likeness (QED) is 0.161. The topological polar surface area (TPSA) is 43.6 Å². The van der Waals surface area contributed by atoms with Crippen molar-refractivity contribution < 1.29 is 0 Å². The number of rotatable bonds is 7. The second kappa shape index (κ2) is 14.9. The Hall–Kier alpha value is -7.99. The van der Waals surface area contributed by atoms with Crippen molar-refractivity contribution in [1.29, 1.82) is 0 Å². The van der Waals surface area contributed by atoms with E-state index in [1.807, 2.05) is 29.5 Å². The van der Waals surface area contributed by atoms with Gasteiger partial charge in [0.1, 0.15) is 0 Å². The smallest absolute Gasteiger partial charge is 0.164 e. The number of fused-ring (bicyclic) bond motifs is 6. The summed E-state index contributed by atoms with van der Waals surface area (Å²) in [6.07, 6.45) is 0. The first kappa shape index (κ1) is 35.9. The highest BCUT2D eigenvalue weighted by Gasteiger charge is 2.20. The molecule has 0 saturated carbocycles. The Morgan fingerprint density at radius 3 is 1.50 bits per heavy atom. The summed E-state index contributed by atoms with van der Waals surface area (Å²) in [5, 5.41) is 4.98. The van der Waals surface area contributed by atoms with Gasteiger partial charge in [0, 0.05) is 53.2 Å². The van der Waals surface area contributed by atoms with Crippen LogP contribution in [0, 0.1) is 0 Å². The standard InChI is InChI=1S/C57H36N4S/c1-3-15-37(16-4-1)38-29-31-39(32-30-38)44-34-33-43(36-52(44)61-50-26-10-7-21-46(50)47-22-8-11-27-51(47)61)57-59-55(40-17-5-2-6-18-40)58-56(60-57)42-20-13-19-41(35-42)45-24-14-25-49-48-23-9-12-28-53(48)62-54(45)49/h1-36H. The molecule has 0 aliphatic heterocycles. The molecule has 62 heavy (non-hydrogen) atoms. The van der Waals surface area contributed by atoms with Gasteiger partial charge in [-0.25, -0.2) is 15.0 Å². The molecule has 5 heteroatoms. The van der Waals surface area contributed by atoms with Crippen LogP contribution in [0.3, 0.4) is 0 Å². The zero-order valence-corrected chi connectivity index (χ0v) is 34.3. The number of hydrogen-bond acceptors (Lipinski definition) is 4. The molecule has 0 unspecified atom stereocenters. The SMILES string of the molecule is c1ccc(-c2ccc(-c3ccc(-c4nc(-c5ccccc5)nc(-c5cccc(-c6cccc7c6sc6ccccc67)c5)n4)cc3-n3c4ccccc4c4ccccc43)cc2)cc1. The van der Waals surface area contributed by atoms with Crippen molar-refractivity contribution in [2.24, 2.45) is 0 Å². The van der Waals surface area contributed by atoms with Crippen LogP contribution in [-0.4, -0.2) is 19.5 Å². The third-order valence-corrected chi connectivity index (χ3v) is 13.1. The van der Waals surface area contributed by atoms with Crippen LogP contribution >= 0.6 is 11.3 Å². The fraction of sp³-hybridized carbons (Fsp3) is 0. The molecule has 0 saturated heterocycles. The fourth-order valence-corrected chi connectivity index (χ4v) is 10.1. The summed E-state index contributed by atoms with van der Waals surface area (Å²) >= 11 is 1.84. The first-order chi connectivity index (χ1) is 30.7. The monoisotopic (exact) mass is 808 g/mol. The molecule has 0 atom stereocenters. The summed E-state index contributed by atoms with van der Waals surface area (Å²) in [7, 11) is 0. The number of para-hydroxylation sites is 2. The average Bonchev–Trinajstić information content (AvgIpc) is 3.90. The molecule has 0 radical (unpaired) electrons. The molecule has 3 heterocycles. The van der Waals surface area contributed by atoms with Crippen molar-refractivity contribution in [3.8, 4) is 73.2 Å². The van der Waals surface area contributed by atoms with Crippen LogP contribution in [0.25, 0.3) is 115 Å². The van der Waals surface area contributed by atoms with Crippen LogP contribution in [-0.2, 0) is 0 Å². The van der Waals surface area contributed by atoms with Gasteiger partial charge in [-0.05, 0) is 58.1 Å². The van der Waals surface area contributed by atoms with Crippen LogP contribution in [0.4, 0.5) is 0 Å². The molecule has 0 fully saturated rings. The van der Waals surface area contributed by atoms with Gasteiger partial charge in [0.25, 0.3) is 0 Å². The van der Waals surface area contributed by atoms with Gasteiger partial charge in [-0.15, -0.1) is 11.3 Å². The van der Waals surface area contributed by atoms with E-state index in [1.54, 1.807) is 0 Å². The van der Waals surface area contributed by atoms with Gasteiger partial charge >= 0.3 is 0 Å². The van der Waals surface area contributed by atoms with Crippen LogP contribution in [0.15, 0.2) is 218 Å². The lowest BCUT2D eigenvalue weighted by atomic mass is 9.97. The minimum atomic E-state index is 0.610. The second-order valence-corrected chi connectivity index (χ2v) is 16.6. The number of benzene rings is 9. The third-order valence-electron chi connectivity index (χ3n) is 11.9. The number of aromatic nitrogens is 4. The van der Waals surface area contributed by atoms with E-state index < -0.39 is 0 Å². The van der Waals surface area contributed by atoms with Crippen molar-refractivity contribution in [2.45, 2.75) is 0 Å². The largest absolute Gasteiger partial charge is 0.309 e. The maximum Gasteiger partial charge on any atom is 0.164 e. The molecule has 0 N–H and O–H groups in total. The Morgan fingerprint density at radius 1 is 0.306 bits per heavy atom. The van der Waals surface area contributed by atoms with Crippen LogP contribution in [0.1, 0.15) is 0 Å². The number of nitrogens with zero attached hydrogens (tertiary/aromatic N) is 4. The normalized spacial score (nSPS) is 11.5. The number of thiophene rings is 1. The molecule has 0 aliphatic rings. The fourth-order valence-electron chi connectivity index (χ4n) is 8.91. The van der Waals surface area contributed by atoms with Gasteiger partial charge in [-0.3, -0.25) is 0 Å². The molecule has 9 aromatic carbocycles. The lowest BCUT2D eigenvalue weighted by Gasteiger charge is -2.17. The summed E-state index contributed by atoms with van der Waals surface area (Å²) in [6, 6.07) is 77.5. The average molecular weight is 809 g/mol. The summed E-state index contributed by atoms with van der Waals surface area (Å²) in [6.45, 7) is 0. The second-order valence-electron chi connectivity index (χ2n) is 15.6. The van der Waals surface area contributed by atoms with Crippen LogP contribution in [0.5, 0.6) is 0 Å². The highest BCUT2D eigenvalue weighted by molar-refractivity contribution is 7.26. The summed E-state index contributed by atoms with van der Waals surface area (Å²) in [5.74, 6) is 1.86. The zero-order chi connectivity index (χ0) is 41.0. The Labute approximate surface area is 362 Å². The van der Waals surface area contributed by atoms with Crippen molar-refractivity contribution in [3.05, 3.63) is 218 Å². The van der Waals surface area contributed by atoms with Crippen molar-refractivity contribution >= 4 is 53.3 Å². The highest BCUT2D eigenvalue weighted by atomic mass is 32.1. The van der Waals surface area contributed by atoms with Crippen molar-refractivity contribution in [3.63, 3.8) is 0 Å². The van der Waals surface area contributed by atoms with E-state index in [-0.39, 0.29) is 0 Å². The molecule has 3 aromatic heterocycles. The van der Waals surface area contributed by atoms with Gasteiger partial charge in [0.2, 0.25) is 0 Å². The van der Waals surface area contributed by atoms with Gasteiger partial charge < -0.3 is 4.57 Å². The van der Waals surface area contributed by atoms with E-state index >= 15 is 0 Å². The first-order valence-corrected chi connectivity index (χ1v) is 21.7. The summed E-state index contributed by atoms with van der Waals surface area (Å²) in [5.41, 5.74) is 13.0. The lowest BCUT2D eigenvalue weighted by molar-refractivity contribution is 1.07. The Kier molecular flexibility index (Phi) is 8.65. The van der Waals surface area contributed by atoms with Crippen molar-refractivity contribution in [1.82, 2.24) is 19.5 Å². The van der Waals surface area contributed by atoms with Crippen LogP contribution in [0.2, 0.25) is 0 Å². The molecule has 4 nitrogen and oxygen atoms in total. The zero-order valence-electron chi connectivity index (χ0n) is 33.5. The molecular weight excluding hydrogens is 773 g/mol. The maximum atomic E-state index is 5.30.